The number of rotatable bonds is 31. The molecule has 0 aromatic carbocycles. The molecule has 0 aromatic rings. The maximum atomic E-state index is 12.5. The van der Waals surface area contributed by atoms with Crippen LogP contribution in [0.25, 0.3) is 0 Å². The highest BCUT2D eigenvalue weighted by Gasteiger charge is 2.21. The predicted octanol–water partition coefficient (Wildman–Crippen LogP) is 7.88. The molecule has 43 heavy (non-hydrogen) atoms. The summed E-state index contributed by atoms with van der Waals surface area (Å²) < 4.78 is 33.4. The van der Waals surface area contributed by atoms with Gasteiger partial charge in [0, 0.05) is 12.8 Å². The van der Waals surface area contributed by atoms with E-state index < -0.39 is 32.5 Å². The van der Waals surface area contributed by atoms with E-state index >= 15 is 0 Å². The third kappa shape index (κ3) is 30.8. The smallest absolute Gasteiger partial charge is 0.306 e. The molecule has 0 bridgehead atoms. The molecule has 0 aromatic heterocycles. The van der Waals surface area contributed by atoms with Crippen LogP contribution >= 0.6 is 7.82 Å². The van der Waals surface area contributed by atoms with E-state index in [4.69, 9.17) is 18.5 Å². The molecule has 0 aliphatic heterocycles. The van der Waals surface area contributed by atoms with Crippen LogP contribution in [0.3, 0.4) is 0 Å². The van der Waals surface area contributed by atoms with Gasteiger partial charge in [-0.15, -0.1) is 0 Å². The number of phosphoric acid groups is 1. The van der Waals surface area contributed by atoms with E-state index in [2.05, 4.69) is 13.8 Å². The molecule has 0 N–H and O–H groups in total. The van der Waals surface area contributed by atoms with Gasteiger partial charge in [-0.3, -0.25) is 14.2 Å². The largest absolute Gasteiger partial charge is 0.756 e. The number of likely N-dealkylation sites (N-methyl/N-ethyl adjacent to an activating group) is 1. The van der Waals surface area contributed by atoms with Gasteiger partial charge in [0.05, 0.1) is 27.7 Å². The van der Waals surface area contributed by atoms with Crippen molar-refractivity contribution in [3.05, 3.63) is 0 Å². The van der Waals surface area contributed by atoms with Gasteiger partial charge < -0.3 is 27.9 Å². The van der Waals surface area contributed by atoms with Crippen LogP contribution < -0.4 is 4.89 Å². The molecule has 0 rings (SSSR count). The topological polar surface area (TPSA) is 111 Å². The van der Waals surface area contributed by atoms with Crippen molar-refractivity contribution >= 4 is 19.8 Å². The van der Waals surface area contributed by atoms with E-state index in [0.29, 0.717) is 17.4 Å². The summed E-state index contributed by atoms with van der Waals surface area (Å²) >= 11 is 0. The maximum Gasteiger partial charge on any atom is 0.306 e. The average Bonchev–Trinajstić information content (AvgIpc) is 2.94. The molecule has 256 valence electrons. The lowest BCUT2D eigenvalue weighted by Gasteiger charge is -2.28. The van der Waals surface area contributed by atoms with Crippen molar-refractivity contribution in [2.24, 2.45) is 0 Å². The normalized spacial score (nSPS) is 13.9. The molecule has 2 atom stereocenters. The summed E-state index contributed by atoms with van der Waals surface area (Å²) in [5, 5.41) is 0. The van der Waals surface area contributed by atoms with E-state index in [0.717, 1.165) is 38.5 Å². The molecule has 0 saturated heterocycles. The number of carbonyl (C=O) groups is 2. The molecule has 0 heterocycles. The summed E-state index contributed by atoms with van der Waals surface area (Å²) in [5.41, 5.74) is 0. The molecule has 9 nitrogen and oxygen atoms in total. The molecule has 0 aliphatic carbocycles. The van der Waals surface area contributed by atoms with Gasteiger partial charge in [0.2, 0.25) is 0 Å². The lowest BCUT2D eigenvalue weighted by Crippen LogP contribution is -2.37. The third-order valence-corrected chi connectivity index (χ3v) is 8.34. The van der Waals surface area contributed by atoms with Gasteiger partial charge in [-0.25, -0.2) is 0 Å². The zero-order chi connectivity index (χ0) is 32.2. The molecule has 2 unspecified atom stereocenters. The van der Waals surface area contributed by atoms with Crippen molar-refractivity contribution in [1.29, 1.82) is 0 Å². The number of esters is 2. The van der Waals surface area contributed by atoms with Crippen molar-refractivity contribution in [1.82, 2.24) is 0 Å². The molecular weight excluding hydrogens is 569 g/mol. The highest BCUT2D eigenvalue weighted by Crippen LogP contribution is 2.38. The minimum Gasteiger partial charge on any atom is -0.756 e. The first kappa shape index (κ1) is 42.0. The minimum atomic E-state index is -4.59. The fourth-order valence-electron chi connectivity index (χ4n) is 4.59. The number of nitrogens with zero attached hydrogens (tertiary/aromatic N) is 1. The maximum absolute atomic E-state index is 12.5. The zero-order valence-electron chi connectivity index (χ0n) is 28.4. The number of unbranched alkanes of at least 4 members (excludes halogenated alkanes) is 17. The average molecular weight is 636 g/mol. The van der Waals surface area contributed by atoms with E-state index in [1.165, 1.54) is 77.0 Å². The van der Waals surface area contributed by atoms with Crippen LogP contribution in [0.15, 0.2) is 0 Å². The Balaban J connectivity index is 4.29. The Labute approximate surface area is 264 Å². The number of hydrogen-bond donors (Lipinski definition) is 0. The van der Waals surface area contributed by atoms with Gasteiger partial charge >= 0.3 is 11.9 Å². The molecule has 0 saturated carbocycles. The zero-order valence-corrected chi connectivity index (χ0v) is 29.3. The van der Waals surface area contributed by atoms with Crippen LogP contribution in [0, 0.1) is 0 Å². The second-order valence-electron chi connectivity index (χ2n) is 12.9. The first-order valence-electron chi connectivity index (χ1n) is 17.2. The highest BCUT2D eigenvalue weighted by molar-refractivity contribution is 7.45. The van der Waals surface area contributed by atoms with Crippen LogP contribution in [-0.2, 0) is 32.7 Å². The molecular formula is C33H66NO8P. The van der Waals surface area contributed by atoms with Gasteiger partial charge in [-0.05, 0) is 12.8 Å². The van der Waals surface area contributed by atoms with Crippen molar-refractivity contribution in [2.45, 2.75) is 155 Å². The van der Waals surface area contributed by atoms with Gasteiger partial charge in [-0.1, -0.05) is 123 Å². The Morgan fingerprint density at radius 2 is 1.05 bits per heavy atom. The fourth-order valence-corrected chi connectivity index (χ4v) is 5.32. The molecule has 0 amide bonds. The van der Waals surface area contributed by atoms with Crippen LogP contribution in [0.5, 0.6) is 0 Å². The summed E-state index contributed by atoms with van der Waals surface area (Å²) in [5.74, 6) is -0.849. The first-order valence-corrected chi connectivity index (χ1v) is 18.7. The number of ether oxygens (including phenoxy) is 2. The Hall–Kier alpha value is -0.990. The van der Waals surface area contributed by atoms with Gasteiger partial charge in [0.25, 0.3) is 7.82 Å². The van der Waals surface area contributed by atoms with E-state index in [9.17, 15) is 19.0 Å². The van der Waals surface area contributed by atoms with E-state index in [1.54, 1.807) is 0 Å². The highest BCUT2D eigenvalue weighted by atomic mass is 31.2. The summed E-state index contributed by atoms with van der Waals surface area (Å²) in [6, 6.07) is 0. The van der Waals surface area contributed by atoms with Crippen LogP contribution in [0.1, 0.15) is 149 Å². The summed E-state index contributed by atoms with van der Waals surface area (Å²) in [6.45, 7) is 4.08. The first-order chi connectivity index (χ1) is 20.5. The monoisotopic (exact) mass is 635 g/mol. The summed E-state index contributed by atoms with van der Waals surface area (Å²) in [6.07, 6.45) is 21.9. The Kier molecular flexibility index (Phi) is 26.7. The van der Waals surface area contributed by atoms with Crippen molar-refractivity contribution in [2.75, 3.05) is 47.5 Å². The predicted molar refractivity (Wildman–Crippen MR) is 172 cm³/mol. The Bertz CT molecular complexity index is 728. The molecule has 0 radical (unpaired) electrons. The number of phosphoric ester groups is 1. The Morgan fingerprint density at radius 1 is 0.628 bits per heavy atom. The van der Waals surface area contributed by atoms with Crippen LogP contribution in [-0.4, -0.2) is 70.0 Å². The van der Waals surface area contributed by atoms with Gasteiger partial charge in [0.1, 0.15) is 19.8 Å². The molecule has 0 spiro atoms. The minimum absolute atomic E-state index is 0.0271. The number of carbonyl (C=O) groups excluding carboxylic acids is 2. The second-order valence-corrected chi connectivity index (χ2v) is 14.3. The quantitative estimate of drug-likeness (QED) is 0.0327. The number of hydrogen-bond acceptors (Lipinski definition) is 8. The Morgan fingerprint density at radius 3 is 1.51 bits per heavy atom. The SMILES string of the molecule is CCCCCCCCCCCCCCCCCC(=O)OC(COC(=O)CCCCCC)COP(=O)([O-])OCC[N+](C)(C)C. The van der Waals surface area contributed by atoms with Crippen molar-refractivity contribution in [3.63, 3.8) is 0 Å². The summed E-state index contributed by atoms with van der Waals surface area (Å²) in [4.78, 5) is 36.8. The van der Waals surface area contributed by atoms with Crippen molar-refractivity contribution in [3.8, 4) is 0 Å². The molecule has 0 fully saturated rings. The van der Waals surface area contributed by atoms with Crippen molar-refractivity contribution < 1.29 is 42.1 Å². The van der Waals surface area contributed by atoms with Crippen LogP contribution in [0.2, 0.25) is 0 Å². The van der Waals surface area contributed by atoms with E-state index in [-0.39, 0.29) is 26.1 Å². The lowest BCUT2D eigenvalue weighted by atomic mass is 10.0. The van der Waals surface area contributed by atoms with Gasteiger partial charge in [0.15, 0.2) is 6.10 Å². The fraction of sp³-hybridized carbons (Fsp3) is 0.939. The summed E-state index contributed by atoms with van der Waals surface area (Å²) in [7, 11) is 1.17. The standard InChI is InChI=1S/C33H66NO8P/c1-6-8-10-12-13-14-15-16-17-18-19-20-21-22-24-26-33(36)42-31(29-39-32(35)25-23-11-9-7-2)30-41-43(37,38)40-28-27-34(3,4)5/h31H,6-30H2,1-5H3. The van der Waals surface area contributed by atoms with E-state index in [1.807, 2.05) is 21.1 Å². The third-order valence-electron chi connectivity index (χ3n) is 7.38. The molecule has 0 aliphatic rings. The number of quaternary nitrogens is 1. The molecule has 10 heteroatoms. The lowest BCUT2D eigenvalue weighted by molar-refractivity contribution is -0.870. The second kappa shape index (κ2) is 27.3. The van der Waals surface area contributed by atoms with Crippen LogP contribution in [0.4, 0.5) is 0 Å². The van der Waals surface area contributed by atoms with Gasteiger partial charge in [-0.2, -0.15) is 0 Å².